The summed E-state index contributed by atoms with van der Waals surface area (Å²) in [6.45, 7) is 1.65. The first-order chi connectivity index (χ1) is 6.29. The van der Waals surface area contributed by atoms with Gasteiger partial charge < -0.3 is 10.1 Å². The number of likely N-dealkylation sites (N-methyl/N-ethyl adjacent to an activating group) is 1. The minimum absolute atomic E-state index is 0.00931. The van der Waals surface area contributed by atoms with Gasteiger partial charge in [-0.15, -0.1) is 0 Å². The molecule has 0 radical (unpaired) electrons. The van der Waals surface area contributed by atoms with Gasteiger partial charge in [0.25, 0.3) is 0 Å². The molecule has 1 N–H and O–H groups in total. The number of nitrogens with one attached hydrogen (secondary N) is 1. The Kier molecular flexibility index (Phi) is 3.89. The molecule has 1 aliphatic heterocycles. The molecular weight excluding hydrogens is 168 g/mol. The summed E-state index contributed by atoms with van der Waals surface area (Å²) in [6.07, 6.45) is 3.39. The van der Waals surface area contributed by atoms with Crippen molar-refractivity contribution in [2.24, 2.45) is 0 Å². The molecular formula is C9H16N2O2. The Bertz CT molecular complexity index is 194. The van der Waals surface area contributed by atoms with Gasteiger partial charge >= 0.3 is 0 Å². The van der Waals surface area contributed by atoms with E-state index in [4.69, 9.17) is 0 Å². The molecule has 4 nitrogen and oxygen atoms in total. The third-order valence-electron chi connectivity index (χ3n) is 2.45. The lowest BCUT2D eigenvalue weighted by atomic mass is 10.2. The Labute approximate surface area is 78.3 Å². The largest absolute Gasteiger partial charge is 0.358 e. The van der Waals surface area contributed by atoms with E-state index in [1.165, 1.54) is 0 Å². The lowest BCUT2D eigenvalue weighted by Crippen LogP contribution is -2.42. The van der Waals surface area contributed by atoms with E-state index >= 15 is 0 Å². The fourth-order valence-electron chi connectivity index (χ4n) is 1.78. The molecule has 1 atom stereocenters. The van der Waals surface area contributed by atoms with Crippen LogP contribution in [-0.4, -0.2) is 43.3 Å². The maximum atomic E-state index is 11.3. The Morgan fingerprint density at radius 1 is 1.69 bits per heavy atom. The van der Waals surface area contributed by atoms with E-state index in [1.807, 2.05) is 0 Å². The topological polar surface area (TPSA) is 49.4 Å². The lowest BCUT2D eigenvalue weighted by molar-refractivity contribution is -0.125. The van der Waals surface area contributed by atoms with Gasteiger partial charge in [0.15, 0.2) is 0 Å². The number of carbonyl (C=O) groups excluding carboxylic acids is 2. The van der Waals surface area contributed by atoms with Crippen LogP contribution in [-0.2, 0) is 9.59 Å². The third-order valence-corrected chi connectivity index (χ3v) is 2.45. The fourth-order valence-corrected chi connectivity index (χ4v) is 1.78. The van der Waals surface area contributed by atoms with Gasteiger partial charge in [0.1, 0.15) is 6.29 Å². The van der Waals surface area contributed by atoms with E-state index in [9.17, 15) is 9.59 Å². The average molecular weight is 184 g/mol. The third kappa shape index (κ3) is 2.52. The van der Waals surface area contributed by atoms with Gasteiger partial charge in [-0.05, 0) is 19.4 Å². The molecule has 1 amide bonds. The summed E-state index contributed by atoms with van der Waals surface area (Å²) in [7, 11) is 1.65. The Morgan fingerprint density at radius 2 is 2.46 bits per heavy atom. The molecule has 0 saturated carbocycles. The van der Waals surface area contributed by atoms with Gasteiger partial charge in [0.05, 0.1) is 6.04 Å². The molecule has 1 rings (SSSR count). The summed E-state index contributed by atoms with van der Waals surface area (Å²) in [6, 6.07) is -0.00931. The zero-order chi connectivity index (χ0) is 9.68. The molecule has 4 heteroatoms. The smallest absolute Gasteiger partial charge is 0.237 e. The molecule has 13 heavy (non-hydrogen) atoms. The number of nitrogens with zero attached hydrogens (tertiary/aromatic N) is 1. The average Bonchev–Trinajstić information content (AvgIpc) is 2.61. The molecule has 0 bridgehead atoms. The number of amides is 1. The summed E-state index contributed by atoms with van der Waals surface area (Å²) in [5.74, 6) is 0.0726. The second kappa shape index (κ2) is 4.97. The van der Waals surface area contributed by atoms with E-state index in [1.54, 1.807) is 7.05 Å². The first-order valence-electron chi connectivity index (χ1n) is 4.69. The van der Waals surface area contributed by atoms with Gasteiger partial charge in [-0.3, -0.25) is 9.69 Å². The van der Waals surface area contributed by atoms with Gasteiger partial charge in [0.2, 0.25) is 5.91 Å². The summed E-state index contributed by atoms with van der Waals surface area (Å²) in [4.78, 5) is 23.6. The van der Waals surface area contributed by atoms with Crippen molar-refractivity contribution in [1.82, 2.24) is 10.2 Å². The van der Waals surface area contributed by atoms with Crippen molar-refractivity contribution in [1.29, 1.82) is 0 Å². The predicted octanol–water partition coefficient (Wildman–Crippen LogP) is -0.214. The van der Waals surface area contributed by atoms with Crippen molar-refractivity contribution in [3.8, 4) is 0 Å². The van der Waals surface area contributed by atoms with Gasteiger partial charge in [-0.25, -0.2) is 0 Å². The van der Waals surface area contributed by atoms with Crippen LogP contribution >= 0.6 is 0 Å². The van der Waals surface area contributed by atoms with E-state index in [2.05, 4.69) is 10.2 Å². The molecule has 1 unspecified atom stereocenters. The molecule has 1 saturated heterocycles. The fraction of sp³-hybridized carbons (Fsp3) is 0.778. The molecule has 1 aliphatic rings. The Hall–Kier alpha value is -0.900. The van der Waals surface area contributed by atoms with Crippen LogP contribution in [0.4, 0.5) is 0 Å². The summed E-state index contributed by atoms with van der Waals surface area (Å²) >= 11 is 0. The van der Waals surface area contributed by atoms with Crippen molar-refractivity contribution >= 4 is 12.2 Å². The van der Waals surface area contributed by atoms with Crippen LogP contribution in [0.15, 0.2) is 0 Å². The van der Waals surface area contributed by atoms with Crippen molar-refractivity contribution in [3.05, 3.63) is 0 Å². The maximum Gasteiger partial charge on any atom is 0.237 e. The highest BCUT2D eigenvalue weighted by Crippen LogP contribution is 2.16. The molecule has 0 aromatic heterocycles. The molecule has 0 aromatic carbocycles. The molecule has 74 valence electrons. The normalized spacial score (nSPS) is 23.0. The summed E-state index contributed by atoms with van der Waals surface area (Å²) < 4.78 is 0. The van der Waals surface area contributed by atoms with E-state index < -0.39 is 0 Å². The van der Waals surface area contributed by atoms with E-state index in [0.29, 0.717) is 13.0 Å². The van der Waals surface area contributed by atoms with Crippen LogP contribution in [0.3, 0.4) is 0 Å². The first-order valence-corrected chi connectivity index (χ1v) is 4.69. The highest BCUT2D eigenvalue weighted by molar-refractivity contribution is 5.81. The number of rotatable bonds is 4. The van der Waals surface area contributed by atoms with Crippen LogP contribution in [0, 0.1) is 0 Å². The van der Waals surface area contributed by atoms with Gasteiger partial charge in [-0.1, -0.05) is 0 Å². The highest BCUT2D eigenvalue weighted by atomic mass is 16.2. The molecule has 0 spiro atoms. The van der Waals surface area contributed by atoms with Crippen LogP contribution < -0.4 is 5.32 Å². The zero-order valence-electron chi connectivity index (χ0n) is 7.95. The van der Waals surface area contributed by atoms with Crippen molar-refractivity contribution in [3.63, 3.8) is 0 Å². The maximum absolute atomic E-state index is 11.3. The number of aldehydes is 1. The van der Waals surface area contributed by atoms with E-state index in [0.717, 1.165) is 25.7 Å². The monoisotopic (exact) mass is 184 g/mol. The number of hydrogen-bond donors (Lipinski definition) is 1. The van der Waals surface area contributed by atoms with Crippen molar-refractivity contribution < 1.29 is 9.59 Å². The van der Waals surface area contributed by atoms with Crippen LogP contribution in [0.25, 0.3) is 0 Å². The quantitative estimate of drug-likeness (QED) is 0.615. The molecule has 1 fully saturated rings. The number of hydrogen-bond acceptors (Lipinski definition) is 3. The van der Waals surface area contributed by atoms with E-state index in [-0.39, 0.29) is 11.9 Å². The number of likely N-dealkylation sites (tertiary alicyclic amines) is 1. The highest BCUT2D eigenvalue weighted by Gasteiger charge is 2.28. The van der Waals surface area contributed by atoms with Gasteiger partial charge in [0, 0.05) is 20.0 Å². The van der Waals surface area contributed by atoms with Crippen LogP contribution in [0.2, 0.25) is 0 Å². The predicted molar refractivity (Wildman–Crippen MR) is 49.3 cm³/mol. The minimum atomic E-state index is -0.00931. The lowest BCUT2D eigenvalue weighted by Gasteiger charge is -2.21. The summed E-state index contributed by atoms with van der Waals surface area (Å²) in [5, 5.41) is 2.64. The molecule has 0 aliphatic carbocycles. The van der Waals surface area contributed by atoms with Crippen molar-refractivity contribution in [2.75, 3.05) is 20.1 Å². The molecule has 1 heterocycles. The number of carbonyl (C=O) groups is 2. The standard InChI is InChI=1S/C9H16N2O2/c1-10-9(13)8-4-2-5-11(8)6-3-7-12/h7-8H,2-6H2,1H3,(H,10,13). The Morgan fingerprint density at radius 3 is 3.08 bits per heavy atom. The second-order valence-corrected chi connectivity index (χ2v) is 3.26. The molecule has 0 aromatic rings. The first kappa shape index (κ1) is 10.2. The SMILES string of the molecule is CNC(=O)C1CCCN1CCC=O. The zero-order valence-corrected chi connectivity index (χ0v) is 7.95. The second-order valence-electron chi connectivity index (χ2n) is 3.26. The van der Waals surface area contributed by atoms with Crippen LogP contribution in [0.5, 0.6) is 0 Å². The van der Waals surface area contributed by atoms with Crippen LogP contribution in [0.1, 0.15) is 19.3 Å². The Balaban J connectivity index is 2.43. The van der Waals surface area contributed by atoms with Crippen molar-refractivity contribution in [2.45, 2.75) is 25.3 Å². The van der Waals surface area contributed by atoms with Gasteiger partial charge in [-0.2, -0.15) is 0 Å². The minimum Gasteiger partial charge on any atom is -0.358 e. The summed E-state index contributed by atoms with van der Waals surface area (Å²) in [5.41, 5.74) is 0.